The quantitative estimate of drug-likeness (QED) is 0.0222. The van der Waals surface area contributed by atoms with Crippen LogP contribution in [0.25, 0.3) is 0 Å². The molecule has 0 aromatic rings. The van der Waals surface area contributed by atoms with Crippen molar-refractivity contribution in [2.24, 2.45) is 11.8 Å². The van der Waals surface area contributed by atoms with Gasteiger partial charge in [-0.05, 0) is 37.5 Å². The van der Waals surface area contributed by atoms with Gasteiger partial charge in [0.25, 0.3) is 0 Å². The number of unbranched alkanes of at least 4 members (excludes halogenated alkanes) is 39. The summed E-state index contributed by atoms with van der Waals surface area (Å²) in [5, 5.41) is 10.6. The van der Waals surface area contributed by atoms with E-state index in [1.807, 2.05) is 0 Å². The second kappa shape index (κ2) is 62.2. The molecule has 0 aliphatic carbocycles. The molecule has 3 N–H and O–H groups in total. The monoisotopic (exact) mass is 1310 g/mol. The maximum Gasteiger partial charge on any atom is 0.472 e. The summed E-state index contributed by atoms with van der Waals surface area (Å²) in [5.74, 6) is -0.727. The lowest BCUT2D eigenvalue weighted by atomic mass is 10.0. The highest BCUT2D eigenvalue weighted by molar-refractivity contribution is 7.47. The Labute approximate surface area is 543 Å². The molecule has 0 aliphatic rings. The highest BCUT2D eigenvalue weighted by Crippen LogP contribution is 2.45. The van der Waals surface area contributed by atoms with E-state index >= 15 is 0 Å². The standard InChI is InChI=1S/C70H136O17P2/c1-7-9-11-13-15-17-19-20-21-22-23-24-25-27-29-35-42-48-54-69(74)86-65(58-80-67(72)52-46-40-34-28-26-18-16-14-12-10-8-2)60-84-88(76,77)82-56-64(71)57-83-89(78,79)85-61-66(87-70(75)55-49-43-37-31-33-39-45-51-63(5)6)59-81-68(73)53-47-41-36-30-32-38-44-50-62(3)4/h62-66,71H,7-61H2,1-6H3,(H,76,77)(H,78,79)/t64-,65-,66-/m1/s1. The number of hydrogen-bond acceptors (Lipinski definition) is 15. The van der Waals surface area contributed by atoms with Gasteiger partial charge in [-0.2, -0.15) is 0 Å². The van der Waals surface area contributed by atoms with Crippen molar-refractivity contribution in [3.8, 4) is 0 Å². The van der Waals surface area contributed by atoms with Gasteiger partial charge >= 0.3 is 39.5 Å². The second-order valence-corrected chi connectivity index (χ2v) is 29.1. The van der Waals surface area contributed by atoms with E-state index in [1.54, 1.807) is 0 Å². The third-order valence-corrected chi connectivity index (χ3v) is 18.1. The molecule has 0 fully saturated rings. The first-order valence-electron chi connectivity index (χ1n) is 36.5. The molecule has 2 unspecified atom stereocenters. The first kappa shape index (κ1) is 87.1. The van der Waals surface area contributed by atoms with Crippen molar-refractivity contribution in [2.75, 3.05) is 39.6 Å². The van der Waals surface area contributed by atoms with Crippen LogP contribution in [-0.2, 0) is 65.4 Å². The van der Waals surface area contributed by atoms with Crippen LogP contribution in [0.5, 0.6) is 0 Å². The summed E-state index contributed by atoms with van der Waals surface area (Å²) in [6.45, 7) is 9.42. The van der Waals surface area contributed by atoms with Gasteiger partial charge in [-0.3, -0.25) is 37.3 Å². The summed E-state index contributed by atoms with van der Waals surface area (Å²) in [6.07, 6.45) is 47.4. The van der Waals surface area contributed by atoms with Crippen molar-refractivity contribution in [1.29, 1.82) is 0 Å². The van der Waals surface area contributed by atoms with E-state index in [4.69, 9.17) is 37.0 Å². The van der Waals surface area contributed by atoms with Crippen LogP contribution in [0.1, 0.15) is 356 Å². The Morgan fingerprint density at radius 1 is 0.303 bits per heavy atom. The minimum absolute atomic E-state index is 0.103. The fourth-order valence-corrected chi connectivity index (χ4v) is 12.2. The number of carbonyl (C=O) groups excluding carboxylic acids is 4. The van der Waals surface area contributed by atoms with E-state index in [-0.39, 0.29) is 25.7 Å². The fraction of sp³-hybridized carbons (Fsp3) is 0.943. The van der Waals surface area contributed by atoms with E-state index in [1.165, 1.54) is 167 Å². The molecule has 19 heteroatoms. The van der Waals surface area contributed by atoms with Crippen LogP contribution in [0.15, 0.2) is 0 Å². The van der Waals surface area contributed by atoms with E-state index < -0.39 is 97.5 Å². The Hall–Kier alpha value is -1.94. The van der Waals surface area contributed by atoms with Crippen LogP contribution < -0.4 is 0 Å². The number of aliphatic hydroxyl groups excluding tert-OH is 1. The molecule has 0 spiro atoms. The number of phosphoric ester groups is 2. The summed E-state index contributed by atoms with van der Waals surface area (Å²) < 4.78 is 68.2. The average Bonchev–Trinajstić information content (AvgIpc) is 3.71. The van der Waals surface area contributed by atoms with E-state index in [0.29, 0.717) is 37.5 Å². The molecular weight excluding hydrogens is 1170 g/mol. The van der Waals surface area contributed by atoms with E-state index in [9.17, 15) is 43.2 Å². The van der Waals surface area contributed by atoms with Crippen molar-refractivity contribution in [2.45, 2.75) is 374 Å². The van der Waals surface area contributed by atoms with Crippen molar-refractivity contribution < 1.29 is 80.2 Å². The Kier molecular flexibility index (Phi) is 60.8. The molecule has 0 amide bonds. The number of phosphoric acid groups is 2. The SMILES string of the molecule is CCCCCCCCCCCCCCCCCCCCC(=O)O[C@H](COC(=O)CCCCCCCCCCCCC)COP(=O)(O)OC[C@@H](O)COP(=O)(O)OC[C@@H](COC(=O)CCCCCCCCCC(C)C)OC(=O)CCCCCCCCCC(C)C. The highest BCUT2D eigenvalue weighted by atomic mass is 31.2. The summed E-state index contributed by atoms with van der Waals surface area (Å²) >= 11 is 0. The van der Waals surface area contributed by atoms with Crippen LogP contribution >= 0.6 is 15.6 Å². The molecule has 528 valence electrons. The smallest absolute Gasteiger partial charge is 0.462 e. The normalized spacial score (nSPS) is 14.1. The Morgan fingerprint density at radius 3 is 0.764 bits per heavy atom. The number of hydrogen-bond donors (Lipinski definition) is 3. The third-order valence-electron chi connectivity index (χ3n) is 16.2. The van der Waals surface area contributed by atoms with Crippen LogP contribution in [-0.4, -0.2) is 96.7 Å². The fourth-order valence-electron chi connectivity index (χ4n) is 10.6. The third kappa shape index (κ3) is 64.6. The van der Waals surface area contributed by atoms with Gasteiger partial charge in [0.15, 0.2) is 12.2 Å². The molecule has 0 aliphatic heterocycles. The highest BCUT2D eigenvalue weighted by Gasteiger charge is 2.30. The lowest BCUT2D eigenvalue weighted by molar-refractivity contribution is -0.161. The zero-order chi connectivity index (χ0) is 65.7. The minimum Gasteiger partial charge on any atom is -0.462 e. The molecule has 0 saturated heterocycles. The average molecular weight is 1310 g/mol. The molecular formula is C70H136O17P2. The van der Waals surface area contributed by atoms with Crippen molar-refractivity contribution in [1.82, 2.24) is 0 Å². The Bertz CT molecular complexity index is 1730. The molecule has 17 nitrogen and oxygen atoms in total. The van der Waals surface area contributed by atoms with Crippen molar-refractivity contribution in [3.05, 3.63) is 0 Å². The summed E-state index contributed by atoms with van der Waals surface area (Å²) in [4.78, 5) is 72.5. The number of ether oxygens (including phenoxy) is 4. The van der Waals surface area contributed by atoms with Crippen LogP contribution in [0.4, 0.5) is 0 Å². The molecule has 0 radical (unpaired) electrons. The van der Waals surface area contributed by atoms with E-state index in [2.05, 4.69) is 41.5 Å². The largest absolute Gasteiger partial charge is 0.472 e. The molecule has 89 heavy (non-hydrogen) atoms. The number of aliphatic hydroxyl groups is 1. The van der Waals surface area contributed by atoms with Gasteiger partial charge in [0.2, 0.25) is 0 Å². The number of rotatable bonds is 69. The van der Waals surface area contributed by atoms with Crippen LogP contribution in [0.2, 0.25) is 0 Å². The molecule has 0 saturated carbocycles. The summed E-state index contributed by atoms with van der Waals surface area (Å²) in [6, 6.07) is 0. The summed E-state index contributed by atoms with van der Waals surface area (Å²) in [5.41, 5.74) is 0. The zero-order valence-electron chi connectivity index (χ0n) is 57.7. The topological polar surface area (TPSA) is 237 Å². The maximum atomic E-state index is 13.0. The van der Waals surface area contributed by atoms with Gasteiger partial charge in [0.05, 0.1) is 26.4 Å². The Morgan fingerprint density at radius 2 is 0.517 bits per heavy atom. The molecule has 0 rings (SSSR count). The zero-order valence-corrected chi connectivity index (χ0v) is 59.5. The number of esters is 4. The van der Waals surface area contributed by atoms with Gasteiger partial charge in [-0.25, -0.2) is 9.13 Å². The van der Waals surface area contributed by atoms with Gasteiger partial charge in [-0.1, -0.05) is 305 Å². The van der Waals surface area contributed by atoms with Crippen LogP contribution in [0, 0.1) is 11.8 Å². The predicted octanol–water partition coefficient (Wildman–Crippen LogP) is 20.0. The predicted molar refractivity (Wildman–Crippen MR) is 358 cm³/mol. The minimum atomic E-state index is -4.95. The van der Waals surface area contributed by atoms with Gasteiger partial charge in [0, 0.05) is 25.7 Å². The summed E-state index contributed by atoms with van der Waals surface area (Å²) in [7, 11) is -9.90. The van der Waals surface area contributed by atoms with Gasteiger partial charge < -0.3 is 33.8 Å². The van der Waals surface area contributed by atoms with Gasteiger partial charge in [-0.15, -0.1) is 0 Å². The molecule has 0 aromatic heterocycles. The molecule has 0 heterocycles. The van der Waals surface area contributed by atoms with Crippen molar-refractivity contribution >= 4 is 39.5 Å². The van der Waals surface area contributed by atoms with Crippen molar-refractivity contribution in [3.63, 3.8) is 0 Å². The molecule has 0 bridgehead atoms. The first-order valence-corrected chi connectivity index (χ1v) is 39.5. The Balaban J connectivity index is 5.21. The lowest BCUT2D eigenvalue weighted by Crippen LogP contribution is -2.30. The molecule has 0 aromatic carbocycles. The van der Waals surface area contributed by atoms with Gasteiger partial charge in [0.1, 0.15) is 19.3 Å². The second-order valence-electron chi connectivity index (χ2n) is 26.2. The lowest BCUT2D eigenvalue weighted by Gasteiger charge is -2.21. The van der Waals surface area contributed by atoms with Crippen LogP contribution in [0.3, 0.4) is 0 Å². The van der Waals surface area contributed by atoms with E-state index in [0.717, 1.165) is 96.3 Å². The maximum absolute atomic E-state index is 13.0. The first-order chi connectivity index (χ1) is 42.9. The molecule has 5 atom stereocenters. The number of carbonyl (C=O) groups is 4.